The molecule has 0 saturated carbocycles. The molecule has 1 saturated heterocycles. The number of hydrogen-bond acceptors (Lipinski definition) is 2. The van der Waals surface area contributed by atoms with Gasteiger partial charge in [-0.3, -0.25) is 4.90 Å². The molecule has 2 bridgehead atoms. The summed E-state index contributed by atoms with van der Waals surface area (Å²) in [6.45, 7) is 6.31. The number of anilines is 1. The summed E-state index contributed by atoms with van der Waals surface area (Å²) >= 11 is 3.50. The van der Waals surface area contributed by atoms with Crippen LogP contribution in [0.2, 0.25) is 0 Å². The number of carbonyl (C=O) groups excluding carboxylic acids is 1. The predicted octanol–water partition coefficient (Wildman–Crippen LogP) is 5.34. The van der Waals surface area contributed by atoms with Gasteiger partial charge in [0.2, 0.25) is 0 Å². The molecule has 25 heavy (non-hydrogen) atoms. The second kappa shape index (κ2) is 5.77. The Morgan fingerprint density at radius 1 is 1.24 bits per heavy atom. The molecule has 2 aromatic rings. The van der Waals surface area contributed by atoms with Crippen molar-refractivity contribution in [1.29, 1.82) is 0 Å². The van der Waals surface area contributed by atoms with Gasteiger partial charge in [0.05, 0.1) is 6.04 Å². The number of halogens is 1. The van der Waals surface area contributed by atoms with Crippen molar-refractivity contribution < 1.29 is 9.53 Å². The fourth-order valence-electron chi connectivity index (χ4n) is 3.74. The fourth-order valence-corrected chi connectivity index (χ4v) is 4.12. The van der Waals surface area contributed by atoms with E-state index in [4.69, 9.17) is 4.74 Å². The Balaban J connectivity index is 1.73. The molecule has 2 atom stereocenters. The Morgan fingerprint density at radius 3 is 2.64 bits per heavy atom. The third-order valence-corrected chi connectivity index (χ3v) is 5.54. The normalized spacial score (nSPS) is 24.6. The number of ether oxygens (including phenoxy) is 1. The number of urea groups is 1. The number of hydrogen-bond donors (Lipinski definition) is 1. The van der Waals surface area contributed by atoms with Gasteiger partial charge >= 0.3 is 6.03 Å². The number of nitrogens with zero attached hydrogens (tertiary/aromatic N) is 1. The molecule has 4 rings (SSSR count). The SMILES string of the molecule is CC(C)c1ccc(N2C(=O)N[C@@H]3C[C@]2(C)Oc2ccc(Br)cc23)cc1. The highest BCUT2D eigenvalue weighted by Crippen LogP contribution is 2.46. The third kappa shape index (κ3) is 2.71. The molecular weight excluding hydrogens is 380 g/mol. The lowest BCUT2D eigenvalue weighted by Crippen LogP contribution is -2.65. The van der Waals surface area contributed by atoms with Gasteiger partial charge in [-0.15, -0.1) is 0 Å². The zero-order valence-electron chi connectivity index (χ0n) is 14.5. The van der Waals surface area contributed by atoms with Gasteiger partial charge in [-0.25, -0.2) is 4.79 Å². The van der Waals surface area contributed by atoms with Crippen LogP contribution >= 0.6 is 15.9 Å². The van der Waals surface area contributed by atoms with Crippen molar-refractivity contribution >= 4 is 27.6 Å². The van der Waals surface area contributed by atoms with Crippen LogP contribution in [0.5, 0.6) is 5.75 Å². The summed E-state index contributed by atoms with van der Waals surface area (Å²) in [6, 6.07) is 13.9. The van der Waals surface area contributed by atoms with E-state index in [0.29, 0.717) is 12.3 Å². The van der Waals surface area contributed by atoms with Gasteiger partial charge in [-0.1, -0.05) is 41.9 Å². The van der Waals surface area contributed by atoms with Crippen molar-refractivity contribution in [3.05, 3.63) is 58.1 Å². The summed E-state index contributed by atoms with van der Waals surface area (Å²) in [4.78, 5) is 14.6. The summed E-state index contributed by atoms with van der Waals surface area (Å²) in [5, 5.41) is 3.13. The zero-order valence-corrected chi connectivity index (χ0v) is 16.1. The first kappa shape index (κ1) is 16.5. The molecule has 0 unspecified atom stereocenters. The van der Waals surface area contributed by atoms with E-state index in [2.05, 4.69) is 47.2 Å². The van der Waals surface area contributed by atoms with E-state index in [1.54, 1.807) is 4.90 Å². The van der Waals surface area contributed by atoms with E-state index in [1.807, 2.05) is 37.3 Å². The summed E-state index contributed by atoms with van der Waals surface area (Å²) in [5.41, 5.74) is 2.43. The number of nitrogens with one attached hydrogen (secondary N) is 1. The van der Waals surface area contributed by atoms with Gasteiger partial charge in [0.25, 0.3) is 0 Å². The molecule has 1 N–H and O–H groups in total. The highest BCUT2D eigenvalue weighted by atomic mass is 79.9. The van der Waals surface area contributed by atoms with Gasteiger partial charge in [-0.05, 0) is 48.7 Å². The molecule has 0 aromatic heterocycles. The van der Waals surface area contributed by atoms with Gasteiger partial charge in [0.15, 0.2) is 5.72 Å². The number of amides is 2. The van der Waals surface area contributed by atoms with Crippen molar-refractivity contribution in [2.75, 3.05) is 4.90 Å². The number of benzene rings is 2. The Morgan fingerprint density at radius 2 is 1.96 bits per heavy atom. The summed E-state index contributed by atoms with van der Waals surface area (Å²) in [6.07, 6.45) is 0.703. The summed E-state index contributed by atoms with van der Waals surface area (Å²) < 4.78 is 7.29. The lowest BCUT2D eigenvalue weighted by molar-refractivity contribution is 0.0378. The maximum atomic E-state index is 12.9. The number of carbonyl (C=O) groups is 1. The van der Waals surface area contributed by atoms with Crippen LogP contribution in [-0.2, 0) is 0 Å². The Hall–Kier alpha value is -2.01. The van der Waals surface area contributed by atoms with Gasteiger partial charge in [-0.2, -0.15) is 0 Å². The molecule has 0 spiro atoms. The number of fused-ring (bicyclic) bond motifs is 4. The molecule has 2 aliphatic heterocycles. The summed E-state index contributed by atoms with van der Waals surface area (Å²) in [5.74, 6) is 1.28. The average Bonchev–Trinajstić information content (AvgIpc) is 2.55. The van der Waals surface area contributed by atoms with E-state index in [0.717, 1.165) is 21.5 Å². The third-order valence-electron chi connectivity index (χ3n) is 5.05. The fraction of sp³-hybridized carbons (Fsp3) is 0.350. The second-order valence-electron chi connectivity index (χ2n) is 7.25. The Labute approximate surface area is 156 Å². The smallest absolute Gasteiger partial charge is 0.325 e. The minimum Gasteiger partial charge on any atom is -0.467 e. The predicted molar refractivity (Wildman–Crippen MR) is 102 cm³/mol. The minimum atomic E-state index is -0.701. The average molecular weight is 401 g/mol. The molecule has 4 nitrogen and oxygen atoms in total. The lowest BCUT2D eigenvalue weighted by Gasteiger charge is -2.50. The van der Waals surface area contributed by atoms with Gasteiger partial charge in [0, 0.05) is 22.1 Å². The molecule has 2 aromatic carbocycles. The van der Waals surface area contributed by atoms with Crippen molar-refractivity contribution in [3.63, 3.8) is 0 Å². The van der Waals surface area contributed by atoms with Crippen LogP contribution in [0.25, 0.3) is 0 Å². The van der Waals surface area contributed by atoms with Crippen molar-refractivity contribution in [1.82, 2.24) is 5.32 Å². The topological polar surface area (TPSA) is 41.6 Å². The minimum absolute atomic E-state index is 0.0371. The zero-order chi connectivity index (χ0) is 17.8. The van der Waals surface area contributed by atoms with E-state index in [-0.39, 0.29) is 12.1 Å². The van der Waals surface area contributed by atoms with Gasteiger partial charge < -0.3 is 10.1 Å². The first-order chi connectivity index (χ1) is 11.9. The van der Waals surface area contributed by atoms with Crippen LogP contribution in [0.3, 0.4) is 0 Å². The molecule has 2 aliphatic rings. The molecular formula is C20H21BrN2O2. The molecule has 130 valence electrons. The quantitative estimate of drug-likeness (QED) is 0.738. The summed E-state index contributed by atoms with van der Waals surface area (Å²) in [7, 11) is 0. The first-order valence-electron chi connectivity index (χ1n) is 8.56. The molecule has 0 radical (unpaired) electrons. The van der Waals surface area contributed by atoms with E-state index in [1.165, 1.54) is 5.56 Å². The standard InChI is InChI=1S/C20H21BrN2O2/c1-12(2)13-4-7-15(8-5-13)23-19(24)22-17-11-20(23,3)25-18-9-6-14(21)10-16(17)18/h4-10,12,17H,11H2,1-3H3,(H,22,24)/t17-,20+/m1/s1. The second-order valence-corrected chi connectivity index (χ2v) is 8.16. The molecule has 2 amide bonds. The number of rotatable bonds is 2. The van der Waals surface area contributed by atoms with Crippen LogP contribution in [0.4, 0.5) is 10.5 Å². The maximum absolute atomic E-state index is 12.9. The molecule has 2 heterocycles. The van der Waals surface area contributed by atoms with Crippen LogP contribution in [0.15, 0.2) is 46.9 Å². The van der Waals surface area contributed by atoms with Crippen LogP contribution in [-0.4, -0.2) is 11.8 Å². The highest BCUT2D eigenvalue weighted by Gasteiger charge is 2.49. The van der Waals surface area contributed by atoms with E-state index >= 15 is 0 Å². The maximum Gasteiger partial charge on any atom is 0.325 e. The molecule has 0 aliphatic carbocycles. The van der Waals surface area contributed by atoms with Crippen molar-refractivity contribution in [2.24, 2.45) is 0 Å². The van der Waals surface area contributed by atoms with Crippen LogP contribution < -0.4 is 15.0 Å². The van der Waals surface area contributed by atoms with Crippen LogP contribution in [0.1, 0.15) is 50.3 Å². The first-order valence-corrected chi connectivity index (χ1v) is 9.36. The molecule has 5 heteroatoms. The van der Waals surface area contributed by atoms with E-state index < -0.39 is 5.72 Å². The molecule has 1 fully saturated rings. The van der Waals surface area contributed by atoms with E-state index in [9.17, 15) is 4.79 Å². The largest absolute Gasteiger partial charge is 0.467 e. The van der Waals surface area contributed by atoms with Gasteiger partial charge in [0.1, 0.15) is 5.75 Å². The Bertz CT molecular complexity index is 834. The van der Waals surface area contributed by atoms with Crippen molar-refractivity contribution in [2.45, 2.75) is 44.9 Å². The lowest BCUT2D eigenvalue weighted by atomic mass is 9.90. The van der Waals surface area contributed by atoms with Crippen LogP contribution in [0, 0.1) is 0 Å². The monoisotopic (exact) mass is 400 g/mol. The Kier molecular flexibility index (Phi) is 3.80. The van der Waals surface area contributed by atoms with Crippen molar-refractivity contribution in [3.8, 4) is 5.75 Å². The highest BCUT2D eigenvalue weighted by molar-refractivity contribution is 9.10.